The maximum atomic E-state index is 13.7. The molecule has 0 fully saturated rings. The van der Waals surface area contributed by atoms with Crippen LogP contribution in [0.1, 0.15) is 63.0 Å². The minimum atomic E-state index is -0.974. The lowest BCUT2D eigenvalue weighted by Gasteiger charge is -2.24. The lowest BCUT2D eigenvalue weighted by atomic mass is 9.99. The Hall–Kier alpha value is -3.49. The molecule has 9 heteroatoms. The Morgan fingerprint density at radius 3 is 2.41 bits per heavy atom. The fourth-order valence-electron chi connectivity index (χ4n) is 3.54. The first-order valence-electron chi connectivity index (χ1n) is 11.5. The second-order valence-corrected chi connectivity index (χ2v) is 8.43. The summed E-state index contributed by atoms with van der Waals surface area (Å²) in [6, 6.07) is 5.42. The molecule has 1 heterocycles. The van der Waals surface area contributed by atoms with Crippen LogP contribution >= 0.6 is 0 Å². The van der Waals surface area contributed by atoms with E-state index in [1.807, 2.05) is 0 Å². The van der Waals surface area contributed by atoms with E-state index in [9.17, 15) is 23.6 Å². The second-order valence-electron chi connectivity index (χ2n) is 8.43. The van der Waals surface area contributed by atoms with E-state index in [0.717, 1.165) is 43.9 Å². The van der Waals surface area contributed by atoms with Gasteiger partial charge in [-0.2, -0.15) is 0 Å². The van der Waals surface area contributed by atoms with Gasteiger partial charge in [-0.25, -0.2) is 9.18 Å². The Bertz CT molecular complexity index is 943. The highest BCUT2D eigenvalue weighted by atomic mass is 19.1. The first kappa shape index (κ1) is 26.8. The number of hydrogen-bond acceptors (Lipinski definition) is 4. The first-order valence-corrected chi connectivity index (χ1v) is 11.5. The molecule has 0 aliphatic carbocycles. The smallest absolute Gasteiger partial charge is 0.326 e. The lowest BCUT2D eigenvalue weighted by molar-refractivity contribution is -0.129. The van der Waals surface area contributed by atoms with Crippen LogP contribution in [0.3, 0.4) is 0 Å². The number of ketones is 1. The van der Waals surface area contributed by atoms with E-state index in [0.29, 0.717) is 12.0 Å². The van der Waals surface area contributed by atoms with Crippen molar-refractivity contribution in [3.63, 3.8) is 0 Å². The summed E-state index contributed by atoms with van der Waals surface area (Å²) in [5.41, 5.74) is 6.60. The zero-order valence-corrected chi connectivity index (χ0v) is 19.6. The van der Waals surface area contributed by atoms with Gasteiger partial charge in [0, 0.05) is 19.0 Å². The molecule has 2 rings (SSSR count). The number of nitrogens with one attached hydrogen (secondary N) is 2. The predicted molar refractivity (Wildman–Crippen MR) is 127 cm³/mol. The zero-order valence-electron chi connectivity index (χ0n) is 19.6. The summed E-state index contributed by atoms with van der Waals surface area (Å²) in [5.74, 6) is -1.87. The number of nitrogens with two attached hydrogens (primary N) is 1. The van der Waals surface area contributed by atoms with Crippen LogP contribution in [-0.2, 0) is 27.3 Å². The Kier molecular flexibility index (Phi) is 10.4. The molecule has 34 heavy (non-hydrogen) atoms. The molecule has 184 valence electrons. The molecule has 1 aliphatic rings. The average molecular weight is 473 g/mol. The Morgan fingerprint density at radius 2 is 1.76 bits per heavy atom. The van der Waals surface area contributed by atoms with Crippen molar-refractivity contribution in [3.8, 4) is 0 Å². The van der Waals surface area contributed by atoms with E-state index in [4.69, 9.17) is 5.73 Å². The quantitative estimate of drug-likeness (QED) is 0.359. The van der Waals surface area contributed by atoms with Gasteiger partial charge in [0.25, 0.3) is 0 Å². The van der Waals surface area contributed by atoms with Crippen LogP contribution in [0.15, 0.2) is 48.6 Å². The summed E-state index contributed by atoms with van der Waals surface area (Å²) in [5, 5.41) is 4.98. The maximum absolute atomic E-state index is 13.7. The fraction of sp³-hybridized carbons (Fsp3) is 0.440. The number of amides is 4. The predicted octanol–water partition coefficient (Wildman–Crippen LogP) is 3.37. The average Bonchev–Trinajstić information content (AvgIpc) is 2.78. The number of benzene rings is 1. The molecular weight excluding hydrogens is 439 g/mol. The minimum Gasteiger partial charge on any atom is -0.370 e. The van der Waals surface area contributed by atoms with Gasteiger partial charge in [0.15, 0.2) is 11.6 Å². The Morgan fingerprint density at radius 1 is 1.12 bits per heavy atom. The van der Waals surface area contributed by atoms with E-state index < -0.39 is 23.8 Å². The molecule has 0 unspecified atom stereocenters. The summed E-state index contributed by atoms with van der Waals surface area (Å²) >= 11 is 0. The van der Waals surface area contributed by atoms with Crippen molar-refractivity contribution in [1.82, 2.24) is 15.5 Å². The van der Waals surface area contributed by atoms with E-state index in [1.165, 1.54) is 4.90 Å². The molecule has 1 aromatic carbocycles. The third-order valence-electron chi connectivity index (χ3n) is 5.47. The van der Waals surface area contributed by atoms with Gasteiger partial charge in [0.2, 0.25) is 11.8 Å². The highest BCUT2D eigenvalue weighted by Gasteiger charge is 2.23. The zero-order chi connectivity index (χ0) is 25.1. The van der Waals surface area contributed by atoms with E-state index in [-0.39, 0.29) is 36.8 Å². The number of Topliss-reactive ketones (excluding diaryl/α,β-unsaturated/α-hetero) is 1. The summed E-state index contributed by atoms with van der Waals surface area (Å²) in [4.78, 5) is 49.6. The van der Waals surface area contributed by atoms with Crippen molar-refractivity contribution in [3.05, 3.63) is 59.7 Å². The fourth-order valence-corrected chi connectivity index (χ4v) is 3.54. The van der Waals surface area contributed by atoms with Gasteiger partial charge in [-0.05, 0) is 17.5 Å². The molecule has 0 radical (unpaired) electrons. The minimum absolute atomic E-state index is 0.00750. The van der Waals surface area contributed by atoms with Gasteiger partial charge in [0.1, 0.15) is 0 Å². The van der Waals surface area contributed by atoms with Crippen molar-refractivity contribution in [1.29, 1.82) is 0 Å². The van der Waals surface area contributed by atoms with Crippen LogP contribution in [0.2, 0.25) is 0 Å². The summed E-state index contributed by atoms with van der Waals surface area (Å²) in [7, 11) is 0. The number of carbonyl (C=O) groups excluding carboxylic acids is 4. The molecule has 1 aliphatic heterocycles. The van der Waals surface area contributed by atoms with Crippen molar-refractivity contribution in [2.75, 3.05) is 0 Å². The van der Waals surface area contributed by atoms with Crippen LogP contribution in [-0.4, -0.2) is 34.6 Å². The topological polar surface area (TPSA) is 122 Å². The van der Waals surface area contributed by atoms with Crippen molar-refractivity contribution in [2.45, 2.75) is 70.9 Å². The summed E-state index contributed by atoms with van der Waals surface area (Å²) in [6.45, 7) is 5.67. The molecule has 8 nitrogen and oxygen atoms in total. The maximum Gasteiger partial charge on any atom is 0.326 e. The van der Waals surface area contributed by atoms with Crippen LogP contribution in [0.25, 0.3) is 0 Å². The number of nitrogens with zero attached hydrogens (tertiary/aromatic N) is 1. The Balaban J connectivity index is 1.93. The second kappa shape index (κ2) is 13.3. The van der Waals surface area contributed by atoms with E-state index in [2.05, 4.69) is 24.1 Å². The third-order valence-corrected chi connectivity index (χ3v) is 5.47. The number of urea groups is 1. The molecule has 0 spiro atoms. The van der Waals surface area contributed by atoms with Crippen LogP contribution in [0, 0.1) is 0 Å². The van der Waals surface area contributed by atoms with Crippen molar-refractivity contribution in [2.24, 2.45) is 5.73 Å². The van der Waals surface area contributed by atoms with Crippen LogP contribution in [0.4, 0.5) is 9.18 Å². The Labute approximate surface area is 199 Å². The SMILES string of the molecule is C=C1NC(=O)N(Cc2ccc(CC(=O)[C@@H](CC(N)=O)NC(=O)CCCCCCC)cc2)C=C1F. The molecule has 0 saturated heterocycles. The molecular formula is C25H33FN4O4. The van der Waals surface area contributed by atoms with Gasteiger partial charge in [-0.1, -0.05) is 63.5 Å². The van der Waals surface area contributed by atoms with E-state index in [1.54, 1.807) is 24.3 Å². The molecule has 0 aromatic heterocycles. The first-order chi connectivity index (χ1) is 16.2. The molecule has 4 amide bonds. The number of allylic oxidation sites excluding steroid dienone is 1. The third kappa shape index (κ3) is 8.80. The number of rotatable bonds is 14. The summed E-state index contributed by atoms with van der Waals surface area (Å²) < 4.78 is 13.7. The number of halogens is 1. The highest BCUT2D eigenvalue weighted by Crippen LogP contribution is 2.17. The molecule has 1 aromatic rings. The standard InChI is InChI=1S/C25H33FN4O4/c1-3-4-5-6-7-8-24(33)29-21(14-23(27)32)22(31)13-18-9-11-19(12-10-18)15-30-16-20(26)17(2)28-25(30)34/h9-12,16,21H,2-8,13-15H2,1H3,(H2,27,32)(H,28,34)(H,29,33)/t21-/m1/s1. The molecule has 1 atom stereocenters. The number of primary amides is 1. The van der Waals surface area contributed by atoms with E-state index >= 15 is 0 Å². The number of carbonyl (C=O) groups is 4. The van der Waals surface area contributed by atoms with Gasteiger partial charge in [-0.3, -0.25) is 19.3 Å². The van der Waals surface area contributed by atoms with Gasteiger partial charge in [-0.15, -0.1) is 0 Å². The monoisotopic (exact) mass is 472 g/mol. The van der Waals surface area contributed by atoms with Gasteiger partial charge in [0.05, 0.1) is 24.7 Å². The lowest BCUT2D eigenvalue weighted by Crippen LogP contribution is -2.44. The van der Waals surface area contributed by atoms with Crippen molar-refractivity contribution >= 4 is 23.6 Å². The van der Waals surface area contributed by atoms with Crippen molar-refractivity contribution < 1.29 is 23.6 Å². The molecule has 4 N–H and O–H groups in total. The number of hydrogen-bond donors (Lipinski definition) is 3. The van der Waals surface area contributed by atoms with Crippen LogP contribution in [0.5, 0.6) is 0 Å². The molecule has 0 bridgehead atoms. The normalized spacial score (nSPS) is 14.3. The largest absolute Gasteiger partial charge is 0.370 e. The van der Waals surface area contributed by atoms with Gasteiger partial charge >= 0.3 is 6.03 Å². The van der Waals surface area contributed by atoms with Gasteiger partial charge < -0.3 is 16.4 Å². The highest BCUT2D eigenvalue weighted by molar-refractivity contribution is 5.94. The van der Waals surface area contributed by atoms with Crippen LogP contribution < -0.4 is 16.4 Å². The number of unbranched alkanes of at least 4 members (excludes halogenated alkanes) is 4. The molecule has 0 saturated carbocycles. The summed E-state index contributed by atoms with van der Waals surface area (Å²) in [6.07, 6.45) is 6.10.